The SMILES string of the molecule is O=C(NCc1ccco1)[C@@H]1Cc2cc([N+](=O)[O-])ccc2N2CCN(c3ccc(Cl)cc3)C[C@H]12. The van der Waals surface area contributed by atoms with Crippen LogP contribution in [0.2, 0.25) is 5.02 Å². The molecule has 33 heavy (non-hydrogen) atoms. The summed E-state index contributed by atoms with van der Waals surface area (Å²) < 4.78 is 5.34. The molecule has 1 saturated heterocycles. The van der Waals surface area contributed by atoms with Crippen LogP contribution < -0.4 is 15.1 Å². The fourth-order valence-corrected chi connectivity index (χ4v) is 4.95. The zero-order valence-corrected chi connectivity index (χ0v) is 18.6. The summed E-state index contributed by atoms with van der Waals surface area (Å²) in [5.41, 5.74) is 2.90. The van der Waals surface area contributed by atoms with Crippen molar-refractivity contribution >= 4 is 34.6 Å². The Morgan fingerprint density at radius 2 is 2.00 bits per heavy atom. The molecule has 0 unspecified atom stereocenters. The van der Waals surface area contributed by atoms with E-state index in [4.69, 9.17) is 16.0 Å². The number of nitro benzene ring substituents is 1. The predicted molar refractivity (Wildman–Crippen MR) is 126 cm³/mol. The van der Waals surface area contributed by atoms with Crippen molar-refractivity contribution in [1.82, 2.24) is 5.32 Å². The van der Waals surface area contributed by atoms with Crippen LogP contribution in [0.5, 0.6) is 0 Å². The number of carbonyl (C=O) groups excluding carboxylic acids is 1. The second-order valence-corrected chi connectivity index (χ2v) is 8.80. The molecule has 0 bridgehead atoms. The fraction of sp³-hybridized carbons (Fsp3) is 0.292. The van der Waals surface area contributed by atoms with E-state index in [1.54, 1.807) is 24.5 Å². The van der Waals surface area contributed by atoms with Crippen molar-refractivity contribution < 1.29 is 14.1 Å². The Bertz CT molecular complexity index is 1170. The molecule has 0 aliphatic carbocycles. The zero-order chi connectivity index (χ0) is 22.9. The molecule has 3 aromatic rings. The third-order valence-corrected chi connectivity index (χ3v) is 6.70. The van der Waals surface area contributed by atoms with E-state index < -0.39 is 4.92 Å². The van der Waals surface area contributed by atoms with Gasteiger partial charge < -0.3 is 19.5 Å². The highest BCUT2D eigenvalue weighted by molar-refractivity contribution is 6.30. The molecule has 1 N–H and O–H groups in total. The van der Waals surface area contributed by atoms with Gasteiger partial charge >= 0.3 is 0 Å². The first-order valence-corrected chi connectivity index (χ1v) is 11.2. The summed E-state index contributed by atoms with van der Waals surface area (Å²) in [6.45, 7) is 2.45. The monoisotopic (exact) mass is 466 g/mol. The molecule has 5 rings (SSSR count). The normalized spacial score (nSPS) is 19.5. The Morgan fingerprint density at radius 1 is 1.18 bits per heavy atom. The molecule has 0 saturated carbocycles. The number of piperazine rings is 1. The Labute approximate surface area is 195 Å². The van der Waals surface area contributed by atoms with Crippen LogP contribution in [0, 0.1) is 16.0 Å². The largest absolute Gasteiger partial charge is 0.467 e. The smallest absolute Gasteiger partial charge is 0.269 e. The summed E-state index contributed by atoms with van der Waals surface area (Å²) in [6, 6.07) is 16.2. The molecule has 1 aromatic heterocycles. The third kappa shape index (κ3) is 4.26. The zero-order valence-electron chi connectivity index (χ0n) is 17.8. The average Bonchev–Trinajstić information content (AvgIpc) is 3.35. The molecule has 9 heteroatoms. The van der Waals surface area contributed by atoms with Crippen LogP contribution in [-0.4, -0.2) is 36.5 Å². The van der Waals surface area contributed by atoms with Gasteiger partial charge in [0.25, 0.3) is 5.69 Å². The lowest BCUT2D eigenvalue weighted by Gasteiger charge is -2.49. The standard InChI is InChI=1S/C24H23ClN4O4/c25-17-3-5-18(6-4-17)27-9-10-28-22-8-7-19(29(31)32)12-16(22)13-21(23(28)15-27)24(30)26-14-20-2-1-11-33-20/h1-8,11-12,21,23H,9-10,13-15H2,(H,26,30)/t21-,23-/m1/s1. The van der Waals surface area contributed by atoms with E-state index >= 15 is 0 Å². The van der Waals surface area contributed by atoms with Gasteiger partial charge in [-0.15, -0.1) is 0 Å². The van der Waals surface area contributed by atoms with Gasteiger partial charge in [0.2, 0.25) is 5.91 Å². The maximum absolute atomic E-state index is 13.3. The van der Waals surface area contributed by atoms with Crippen LogP contribution in [-0.2, 0) is 17.8 Å². The van der Waals surface area contributed by atoms with Gasteiger partial charge in [-0.25, -0.2) is 0 Å². The summed E-state index contributed by atoms with van der Waals surface area (Å²) in [4.78, 5) is 28.7. The van der Waals surface area contributed by atoms with E-state index in [2.05, 4.69) is 15.1 Å². The van der Waals surface area contributed by atoms with Crippen molar-refractivity contribution in [3.63, 3.8) is 0 Å². The van der Waals surface area contributed by atoms with E-state index in [9.17, 15) is 14.9 Å². The van der Waals surface area contributed by atoms with Crippen LogP contribution in [0.15, 0.2) is 65.3 Å². The van der Waals surface area contributed by atoms with Crippen molar-refractivity contribution in [2.45, 2.75) is 19.0 Å². The van der Waals surface area contributed by atoms with Crippen molar-refractivity contribution in [2.75, 3.05) is 29.4 Å². The first-order chi connectivity index (χ1) is 16.0. The Hall–Kier alpha value is -3.52. The Morgan fingerprint density at radius 3 is 2.73 bits per heavy atom. The number of non-ortho nitro benzene ring substituents is 1. The average molecular weight is 467 g/mol. The number of amides is 1. The van der Waals surface area contributed by atoms with Crippen LogP contribution in [0.1, 0.15) is 11.3 Å². The lowest BCUT2D eigenvalue weighted by molar-refractivity contribution is -0.384. The molecule has 0 spiro atoms. The number of hydrogen-bond donors (Lipinski definition) is 1. The molecule has 8 nitrogen and oxygen atoms in total. The highest BCUT2D eigenvalue weighted by Crippen LogP contribution is 2.38. The quantitative estimate of drug-likeness (QED) is 0.451. The summed E-state index contributed by atoms with van der Waals surface area (Å²) in [5.74, 6) is 0.236. The van der Waals surface area contributed by atoms with Gasteiger partial charge in [0, 0.05) is 48.2 Å². The number of fused-ring (bicyclic) bond motifs is 3. The van der Waals surface area contributed by atoms with Crippen molar-refractivity contribution in [3.8, 4) is 0 Å². The number of halogens is 1. The third-order valence-electron chi connectivity index (χ3n) is 6.45. The van der Waals surface area contributed by atoms with Gasteiger partial charge in [-0.1, -0.05) is 11.6 Å². The van der Waals surface area contributed by atoms with Crippen molar-refractivity contribution in [2.24, 2.45) is 5.92 Å². The minimum atomic E-state index is -0.392. The number of carbonyl (C=O) groups is 1. The number of benzene rings is 2. The Balaban J connectivity index is 1.44. The molecule has 2 aliphatic heterocycles. The van der Waals surface area contributed by atoms with Crippen LogP contribution in [0.3, 0.4) is 0 Å². The number of nitrogens with zero attached hydrogens (tertiary/aromatic N) is 3. The molecular formula is C24H23ClN4O4. The first kappa shape index (κ1) is 21.3. The Kier molecular flexibility index (Phi) is 5.68. The second kappa shape index (κ2) is 8.78. The molecule has 1 fully saturated rings. The second-order valence-electron chi connectivity index (χ2n) is 8.36. The summed E-state index contributed by atoms with van der Waals surface area (Å²) in [6.07, 6.45) is 2.01. The fourth-order valence-electron chi connectivity index (χ4n) is 4.83. The van der Waals surface area contributed by atoms with E-state index in [0.29, 0.717) is 36.8 Å². The molecule has 3 heterocycles. The molecule has 2 aliphatic rings. The highest BCUT2D eigenvalue weighted by Gasteiger charge is 2.42. The van der Waals surface area contributed by atoms with E-state index in [0.717, 1.165) is 23.5 Å². The molecule has 0 radical (unpaired) electrons. The van der Waals surface area contributed by atoms with Gasteiger partial charge in [0.05, 0.1) is 29.7 Å². The van der Waals surface area contributed by atoms with Crippen LogP contribution in [0.4, 0.5) is 17.1 Å². The molecule has 1 amide bonds. The van der Waals surface area contributed by atoms with Gasteiger partial charge in [-0.3, -0.25) is 14.9 Å². The lowest BCUT2D eigenvalue weighted by Crippen LogP contribution is -2.61. The van der Waals surface area contributed by atoms with Gasteiger partial charge in [-0.05, 0) is 54.4 Å². The molecular weight excluding hydrogens is 444 g/mol. The summed E-state index contributed by atoms with van der Waals surface area (Å²) in [7, 11) is 0. The number of anilines is 2. The van der Waals surface area contributed by atoms with E-state index in [1.807, 2.05) is 36.4 Å². The molecule has 2 aromatic carbocycles. The molecule has 170 valence electrons. The number of nitro groups is 1. The van der Waals surface area contributed by atoms with Gasteiger partial charge in [0.1, 0.15) is 5.76 Å². The van der Waals surface area contributed by atoms with Crippen molar-refractivity contribution in [3.05, 3.63) is 87.3 Å². The first-order valence-electron chi connectivity index (χ1n) is 10.8. The molecule has 2 atom stereocenters. The maximum Gasteiger partial charge on any atom is 0.269 e. The summed E-state index contributed by atoms with van der Waals surface area (Å²) >= 11 is 6.06. The number of furan rings is 1. The number of hydrogen-bond acceptors (Lipinski definition) is 6. The van der Waals surface area contributed by atoms with Gasteiger partial charge in [-0.2, -0.15) is 0 Å². The lowest BCUT2D eigenvalue weighted by atomic mass is 9.83. The number of nitrogens with one attached hydrogen (secondary N) is 1. The van der Waals surface area contributed by atoms with E-state index in [1.165, 1.54) is 0 Å². The van der Waals surface area contributed by atoms with Crippen LogP contribution in [0.25, 0.3) is 0 Å². The minimum Gasteiger partial charge on any atom is -0.467 e. The topological polar surface area (TPSA) is 91.9 Å². The maximum atomic E-state index is 13.3. The van der Waals surface area contributed by atoms with Crippen LogP contribution >= 0.6 is 11.6 Å². The summed E-state index contributed by atoms with van der Waals surface area (Å²) in [5, 5.41) is 15.0. The predicted octanol–water partition coefficient (Wildman–Crippen LogP) is 4.03. The minimum absolute atomic E-state index is 0.0433. The highest BCUT2D eigenvalue weighted by atomic mass is 35.5. The number of rotatable bonds is 5. The van der Waals surface area contributed by atoms with Crippen molar-refractivity contribution in [1.29, 1.82) is 0 Å². The van der Waals surface area contributed by atoms with E-state index in [-0.39, 0.29) is 23.6 Å². The van der Waals surface area contributed by atoms with Gasteiger partial charge in [0.15, 0.2) is 0 Å².